The molecule has 0 aliphatic rings. The van der Waals surface area contributed by atoms with Crippen LogP contribution < -0.4 is 5.32 Å². The number of hydrogen-bond donors (Lipinski definition) is 1. The van der Waals surface area contributed by atoms with Crippen LogP contribution in [0.3, 0.4) is 0 Å². The first-order valence-electron chi connectivity index (χ1n) is 6.90. The molecule has 0 aliphatic carbocycles. The molecule has 0 saturated heterocycles. The van der Waals surface area contributed by atoms with Crippen molar-refractivity contribution < 1.29 is 4.39 Å². The number of nitrogens with zero attached hydrogens (tertiary/aromatic N) is 2. The highest BCUT2D eigenvalue weighted by Gasteiger charge is 2.18. The lowest BCUT2D eigenvalue weighted by Crippen LogP contribution is -2.16. The van der Waals surface area contributed by atoms with Crippen LogP contribution in [-0.4, -0.2) is 16.5 Å². The first-order valence-corrected chi connectivity index (χ1v) is 7.28. The summed E-state index contributed by atoms with van der Waals surface area (Å²) >= 11 is 5.85. The molecule has 0 bridgehead atoms. The molecule has 112 valence electrons. The lowest BCUT2D eigenvalue weighted by atomic mass is 9.91. The van der Waals surface area contributed by atoms with Crippen molar-refractivity contribution >= 4 is 17.4 Å². The van der Waals surface area contributed by atoms with E-state index in [2.05, 4.69) is 36.1 Å². The van der Waals surface area contributed by atoms with Crippen LogP contribution in [0, 0.1) is 5.82 Å². The van der Waals surface area contributed by atoms with Gasteiger partial charge in [-0.15, -0.1) is 0 Å². The molecule has 1 aromatic heterocycles. The second-order valence-corrected chi connectivity index (χ2v) is 6.28. The highest BCUT2D eigenvalue weighted by molar-refractivity contribution is 6.31. The Hall–Kier alpha value is -1.68. The quantitative estimate of drug-likeness (QED) is 0.895. The predicted octanol–water partition coefficient (Wildman–Crippen LogP) is 4.67. The Morgan fingerprint density at radius 3 is 2.48 bits per heavy atom. The van der Waals surface area contributed by atoms with Gasteiger partial charge in [0.05, 0.1) is 10.7 Å². The summed E-state index contributed by atoms with van der Waals surface area (Å²) in [5, 5.41) is 3.27. The van der Waals surface area contributed by atoms with Gasteiger partial charge in [0.25, 0.3) is 0 Å². The van der Waals surface area contributed by atoms with Crippen LogP contribution in [-0.2, 0) is 5.41 Å². The zero-order chi connectivity index (χ0) is 15.6. The molecule has 5 heteroatoms. The van der Waals surface area contributed by atoms with E-state index in [-0.39, 0.29) is 10.4 Å². The van der Waals surface area contributed by atoms with Gasteiger partial charge in [-0.2, -0.15) is 0 Å². The normalized spacial score (nSPS) is 11.5. The van der Waals surface area contributed by atoms with Crippen LogP contribution in [0.2, 0.25) is 5.02 Å². The zero-order valence-electron chi connectivity index (χ0n) is 12.7. The van der Waals surface area contributed by atoms with E-state index >= 15 is 0 Å². The molecule has 0 atom stereocenters. The fourth-order valence-electron chi connectivity index (χ4n) is 1.87. The molecular formula is C16H19ClFN3. The summed E-state index contributed by atoms with van der Waals surface area (Å²) in [7, 11) is 0. The van der Waals surface area contributed by atoms with Crippen molar-refractivity contribution in [1.82, 2.24) is 9.97 Å². The van der Waals surface area contributed by atoms with Crippen molar-refractivity contribution in [3.63, 3.8) is 0 Å². The fourth-order valence-corrected chi connectivity index (χ4v) is 2.05. The zero-order valence-corrected chi connectivity index (χ0v) is 13.4. The van der Waals surface area contributed by atoms with Crippen molar-refractivity contribution in [2.24, 2.45) is 0 Å². The Kier molecular flexibility index (Phi) is 4.47. The number of anilines is 1. The average molecular weight is 308 g/mol. The molecule has 0 spiro atoms. The first kappa shape index (κ1) is 15.7. The van der Waals surface area contributed by atoms with Gasteiger partial charge in [0, 0.05) is 23.6 Å². The molecule has 0 fully saturated rings. The lowest BCUT2D eigenvalue weighted by molar-refractivity contribution is 0.568. The number of benzene rings is 1. The Bertz CT molecular complexity index is 650. The maximum Gasteiger partial charge on any atom is 0.161 e. The van der Waals surface area contributed by atoms with Crippen LogP contribution in [0.1, 0.15) is 33.4 Å². The Morgan fingerprint density at radius 1 is 1.19 bits per heavy atom. The topological polar surface area (TPSA) is 37.8 Å². The molecule has 0 radical (unpaired) electrons. The Morgan fingerprint density at radius 2 is 1.90 bits per heavy atom. The Balaban J connectivity index is 2.56. The maximum atomic E-state index is 13.3. The van der Waals surface area contributed by atoms with Gasteiger partial charge in [0.2, 0.25) is 0 Å². The molecule has 1 heterocycles. The summed E-state index contributed by atoms with van der Waals surface area (Å²) < 4.78 is 13.3. The summed E-state index contributed by atoms with van der Waals surface area (Å²) in [6, 6.07) is 6.46. The van der Waals surface area contributed by atoms with Gasteiger partial charge in [-0.1, -0.05) is 32.4 Å². The van der Waals surface area contributed by atoms with E-state index in [0.717, 1.165) is 18.1 Å². The number of hydrogen-bond acceptors (Lipinski definition) is 3. The van der Waals surface area contributed by atoms with Crippen LogP contribution in [0.5, 0.6) is 0 Å². The third-order valence-electron chi connectivity index (χ3n) is 3.03. The van der Waals surface area contributed by atoms with Crippen molar-refractivity contribution in [3.8, 4) is 11.4 Å². The largest absolute Gasteiger partial charge is 0.370 e. The molecule has 0 unspecified atom stereocenters. The van der Waals surface area contributed by atoms with Gasteiger partial charge in [0.15, 0.2) is 5.82 Å². The molecule has 1 aromatic carbocycles. The van der Waals surface area contributed by atoms with Gasteiger partial charge in [-0.3, -0.25) is 0 Å². The van der Waals surface area contributed by atoms with E-state index in [9.17, 15) is 4.39 Å². The minimum atomic E-state index is -0.445. The first-order chi connectivity index (χ1) is 9.81. The highest BCUT2D eigenvalue weighted by atomic mass is 35.5. The van der Waals surface area contributed by atoms with Crippen molar-refractivity contribution in [1.29, 1.82) is 0 Å². The summed E-state index contributed by atoms with van der Waals surface area (Å²) in [6.07, 6.45) is 0. The van der Waals surface area contributed by atoms with E-state index in [1.807, 2.05) is 13.0 Å². The molecule has 3 nitrogen and oxygen atoms in total. The highest BCUT2D eigenvalue weighted by Crippen LogP contribution is 2.27. The summed E-state index contributed by atoms with van der Waals surface area (Å²) in [5.41, 5.74) is 1.52. The molecule has 21 heavy (non-hydrogen) atoms. The minimum absolute atomic E-state index is 0.0715. The van der Waals surface area contributed by atoms with E-state index in [4.69, 9.17) is 11.6 Å². The third-order valence-corrected chi connectivity index (χ3v) is 3.32. The van der Waals surface area contributed by atoms with Crippen molar-refractivity contribution in [2.45, 2.75) is 33.1 Å². The van der Waals surface area contributed by atoms with Gasteiger partial charge in [-0.05, 0) is 25.1 Å². The fraction of sp³-hybridized carbons (Fsp3) is 0.375. The third kappa shape index (κ3) is 3.70. The molecule has 0 amide bonds. The number of halogens is 2. The van der Waals surface area contributed by atoms with Crippen molar-refractivity contribution in [2.75, 3.05) is 11.9 Å². The Labute approximate surface area is 129 Å². The van der Waals surface area contributed by atoms with Gasteiger partial charge < -0.3 is 5.32 Å². The van der Waals surface area contributed by atoms with Crippen LogP contribution in [0.25, 0.3) is 11.4 Å². The predicted molar refractivity (Wildman–Crippen MR) is 85.3 cm³/mol. The number of rotatable bonds is 3. The number of nitrogens with one attached hydrogen (secondary N) is 1. The second-order valence-electron chi connectivity index (χ2n) is 5.87. The minimum Gasteiger partial charge on any atom is -0.370 e. The van der Waals surface area contributed by atoms with E-state index in [1.165, 1.54) is 6.07 Å². The van der Waals surface area contributed by atoms with E-state index < -0.39 is 5.82 Å². The lowest BCUT2D eigenvalue weighted by Gasteiger charge is -2.19. The monoisotopic (exact) mass is 307 g/mol. The van der Waals surface area contributed by atoms with Crippen LogP contribution in [0.15, 0.2) is 24.3 Å². The van der Waals surface area contributed by atoms with E-state index in [1.54, 1.807) is 12.1 Å². The summed E-state index contributed by atoms with van der Waals surface area (Å²) in [4.78, 5) is 9.07. The SMILES string of the molecule is CCNc1cc(C(C)(C)C)nc(-c2ccc(F)c(Cl)c2)n1. The molecule has 2 rings (SSSR count). The molecular weight excluding hydrogens is 289 g/mol. The van der Waals surface area contributed by atoms with Crippen LogP contribution in [0.4, 0.5) is 10.2 Å². The standard InChI is InChI=1S/C16H19ClFN3/c1-5-19-14-9-13(16(2,3)4)20-15(21-14)10-6-7-12(18)11(17)8-10/h6-9H,5H2,1-4H3,(H,19,20,21). The van der Waals surface area contributed by atoms with Gasteiger partial charge in [0.1, 0.15) is 11.6 Å². The average Bonchev–Trinajstić information content (AvgIpc) is 2.41. The molecule has 0 aliphatic heterocycles. The van der Waals surface area contributed by atoms with Crippen LogP contribution >= 0.6 is 11.6 Å². The molecule has 0 saturated carbocycles. The molecule has 1 N–H and O–H groups in total. The van der Waals surface area contributed by atoms with Crippen molar-refractivity contribution in [3.05, 3.63) is 40.8 Å². The summed E-state index contributed by atoms with van der Waals surface area (Å²) in [6.45, 7) is 9.04. The van der Waals surface area contributed by atoms with Gasteiger partial charge in [-0.25, -0.2) is 14.4 Å². The second kappa shape index (κ2) is 5.98. The summed E-state index contributed by atoms with van der Waals surface area (Å²) in [5.74, 6) is 0.854. The van der Waals surface area contributed by atoms with E-state index in [0.29, 0.717) is 11.4 Å². The smallest absolute Gasteiger partial charge is 0.161 e. The number of aromatic nitrogens is 2. The van der Waals surface area contributed by atoms with Gasteiger partial charge >= 0.3 is 0 Å². The molecule has 2 aromatic rings. The maximum absolute atomic E-state index is 13.3.